The third kappa shape index (κ3) is 8.09. The highest BCUT2D eigenvalue weighted by molar-refractivity contribution is 5.83. The van der Waals surface area contributed by atoms with Gasteiger partial charge in [0.1, 0.15) is 0 Å². The maximum absolute atomic E-state index is 13.2. The van der Waals surface area contributed by atoms with E-state index in [1.54, 1.807) is 6.08 Å². The standard InChI is InChI=1S/C29H51NO3/c1-2-3-4-5-6-7-8-9-10-11-12-13-14-15-27(32)26(22-31)30-28(33)29-19-23-16-24(20-29)18-25(17-23)21-29/h14-15,23-27,31-32H,2-13,16-22H2,1H3,(H,30,33)/b15-14+. The molecular formula is C29H51NO3. The van der Waals surface area contributed by atoms with Crippen molar-refractivity contribution in [2.24, 2.45) is 23.2 Å². The van der Waals surface area contributed by atoms with Crippen molar-refractivity contribution >= 4 is 5.91 Å². The number of carbonyl (C=O) groups is 1. The van der Waals surface area contributed by atoms with Crippen LogP contribution in [0.5, 0.6) is 0 Å². The molecule has 4 nitrogen and oxygen atoms in total. The van der Waals surface area contributed by atoms with Crippen molar-refractivity contribution in [3.05, 3.63) is 12.2 Å². The Hall–Kier alpha value is -0.870. The number of aliphatic hydroxyl groups excluding tert-OH is 2. The zero-order valence-corrected chi connectivity index (χ0v) is 21.3. The zero-order valence-electron chi connectivity index (χ0n) is 21.3. The van der Waals surface area contributed by atoms with Gasteiger partial charge in [-0.25, -0.2) is 0 Å². The summed E-state index contributed by atoms with van der Waals surface area (Å²) in [5.41, 5.74) is -0.235. The average molecular weight is 462 g/mol. The number of aliphatic hydroxyl groups is 2. The van der Waals surface area contributed by atoms with Crippen LogP contribution < -0.4 is 5.32 Å². The Morgan fingerprint density at radius 3 is 1.85 bits per heavy atom. The third-order valence-corrected chi connectivity index (χ3v) is 8.75. The van der Waals surface area contributed by atoms with Crippen LogP contribution in [0.2, 0.25) is 0 Å². The molecular weight excluding hydrogens is 410 g/mol. The molecule has 4 aliphatic rings. The lowest BCUT2D eigenvalue weighted by molar-refractivity contribution is -0.148. The summed E-state index contributed by atoms with van der Waals surface area (Å²) in [6.07, 6.45) is 25.5. The molecule has 0 aromatic heterocycles. The van der Waals surface area contributed by atoms with Crippen LogP contribution >= 0.6 is 0 Å². The number of allylic oxidation sites excluding steroid dienone is 1. The van der Waals surface area contributed by atoms with Gasteiger partial charge in [-0.3, -0.25) is 4.79 Å². The third-order valence-electron chi connectivity index (χ3n) is 8.75. The van der Waals surface area contributed by atoms with Crippen molar-refractivity contribution in [1.29, 1.82) is 0 Å². The molecule has 4 aliphatic carbocycles. The Balaban J connectivity index is 1.27. The molecule has 0 radical (unpaired) electrons. The van der Waals surface area contributed by atoms with Crippen LogP contribution in [0.1, 0.15) is 122 Å². The molecule has 4 fully saturated rings. The van der Waals surface area contributed by atoms with Gasteiger partial charge in [0.15, 0.2) is 0 Å². The van der Waals surface area contributed by atoms with E-state index < -0.39 is 12.1 Å². The van der Waals surface area contributed by atoms with Crippen LogP contribution in [0.15, 0.2) is 12.2 Å². The first-order chi connectivity index (χ1) is 16.1. The first-order valence-electron chi connectivity index (χ1n) is 14.3. The van der Waals surface area contributed by atoms with Crippen LogP contribution in [0, 0.1) is 23.2 Å². The molecule has 0 aliphatic heterocycles. The van der Waals surface area contributed by atoms with E-state index in [9.17, 15) is 15.0 Å². The minimum absolute atomic E-state index is 0.0819. The van der Waals surface area contributed by atoms with Crippen molar-refractivity contribution in [2.45, 2.75) is 135 Å². The van der Waals surface area contributed by atoms with Crippen molar-refractivity contribution in [3.8, 4) is 0 Å². The van der Waals surface area contributed by atoms with Gasteiger partial charge in [-0.1, -0.05) is 83.3 Å². The highest BCUT2D eigenvalue weighted by Crippen LogP contribution is 2.60. The molecule has 4 rings (SSSR count). The maximum Gasteiger partial charge on any atom is 0.226 e. The molecule has 3 N–H and O–H groups in total. The van der Waals surface area contributed by atoms with Crippen LogP contribution in [0.4, 0.5) is 0 Å². The zero-order chi connectivity index (χ0) is 23.5. The summed E-state index contributed by atoms with van der Waals surface area (Å²) in [7, 11) is 0. The van der Waals surface area contributed by atoms with Crippen LogP contribution in [0.25, 0.3) is 0 Å². The summed E-state index contributed by atoms with van der Waals surface area (Å²) in [6.45, 7) is 2.05. The second-order valence-corrected chi connectivity index (χ2v) is 11.7. The molecule has 33 heavy (non-hydrogen) atoms. The highest BCUT2D eigenvalue weighted by atomic mass is 16.3. The van der Waals surface area contributed by atoms with Crippen LogP contribution in [0.3, 0.4) is 0 Å². The molecule has 4 saturated carbocycles. The first kappa shape index (κ1) is 26.7. The van der Waals surface area contributed by atoms with Gasteiger partial charge in [-0.2, -0.15) is 0 Å². The van der Waals surface area contributed by atoms with Crippen molar-refractivity contribution in [1.82, 2.24) is 5.32 Å². The van der Waals surface area contributed by atoms with Gasteiger partial charge in [0, 0.05) is 5.41 Å². The minimum Gasteiger partial charge on any atom is -0.394 e. The average Bonchev–Trinajstić information content (AvgIpc) is 2.79. The quantitative estimate of drug-likeness (QED) is 0.176. The largest absolute Gasteiger partial charge is 0.394 e. The summed E-state index contributed by atoms with van der Waals surface area (Å²) in [5, 5.41) is 23.4. The van der Waals surface area contributed by atoms with E-state index in [0.717, 1.165) is 32.1 Å². The summed E-state index contributed by atoms with van der Waals surface area (Å²) in [6, 6.07) is -0.598. The maximum atomic E-state index is 13.2. The molecule has 0 saturated heterocycles. The van der Waals surface area contributed by atoms with E-state index in [-0.39, 0.29) is 17.9 Å². The number of amides is 1. The lowest BCUT2D eigenvalue weighted by Crippen LogP contribution is -2.57. The molecule has 0 aromatic rings. The topological polar surface area (TPSA) is 69.6 Å². The normalized spacial score (nSPS) is 30.1. The SMILES string of the molecule is CCCCCCCCCCCCC/C=C/C(O)C(CO)NC(=O)C12CC3CC(CC(C3)C1)C2. The molecule has 0 aromatic carbocycles. The van der Waals surface area contributed by atoms with E-state index in [2.05, 4.69) is 12.2 Å². The Bertz CT molecular complexity index is 566. The number of hydrogen-bond acceptors (Lipinski definition) is 3. The molecule has 0 heterocycles. The predicted molar refractivity (Wildman–Crippen MR) is 136 cm³/mol. The van der Waals surface area contributed by atoms with Gasteiger partial charge in [0.25, 0.3) is 0 Å². The lowest BCUT2D eigenvalue weighted by Gasteiger charge is -2.55. The van der Waals surface area contributed by atoms with Gasteiger partial charge in [0.2, 0.25) is 5.91 Å². The second kappa shape index (κ2) is 13.9. The molecule has 0 spiro atoms. The number of rotatable bonds is 17. The van der Waals surface area contributed by atoms with Gasteiger partial charge < -0.3 is 15.5 Å². The monoisotopic (exact) mass is 461 g/mol. The van der Waals surface area contributed by atoms with Crippen LogP contribution in [-0.4, -0.2) is 34.9 Å². The number of nitrogens with one attached hydrogen (secondary N) is 1. The fourth-order valence-electron chi connectivity index (χ4n) is 7.25. The van der Waals surface area contributed by atoms with Gasteiger partial charge in [-0.15, -0.1) is 0 Å². The highest BCUT2D eigenvalue weighted by Gasteiger charge is 2.54. The lowest BCUT2D eigenvalue weighted by atomic mass is 9.49. The first-order valence-corrected chi connectivity index (χ1v) is 14.3. The van der Waals surface area contributed by atoms with Gasteiger partial charge in [0.05, 0.1) is 18.8 Å². The van der Waals surface area contributed by atoms with Gasteiger partial charge in [-0.05, 0) is 69.1 Å². The Labute approximate surface area is 203 Å². The van der Waals surface area contributed by atoms with E-state index in [1.807, 2.05) is 6.08 Å². The molecule has 1 amide bonds. The summed E-state index contributed by atoms with van der Waals surface area (Å²) in [5.74, 6) is 2.22. The molecule has 4 bridgehead atoms. The summed E-state index contributed by atoms with van der Waals surface area (Å²) < 4.78 is 0. The summed E-state index contributed by atoms with van der Waals surface area (Å²) in [4.78, 5) is 13.2. The van der Waals surface area contributed by atoms with E-state index in [4.69, 9.17) is 0 Å². The smallest absolute Gasteiger partial charge is 0.226 e. The van der Waals surface area contributed by atoms with Crippen LogP contribution in [-0.2, 0) is 4.79 Å². The predicted octanol–water partition coefficient (Wildman–Crippen LogP) is 6.30. The summed E-state index contributed by atoms with van der Waals surface area (Å²) >= 11 is 0. The molecule has 190 valence electrons. The Morgan fingerprint density at radius 1 is 0.879 bits per heavy atom. The second-order valence-electron chi connectivity index (χ2n) is 11.7. The van der Waals surface area contributed by atoms with Crippen molar-refractivity contribution < 1.29 is 15.0 Å². The molecule has 2 atom stereocenters. The van der Waals surface area contributed by atoms with Gasteiger partial charge >= 0.3 is 0 Å². The minimum atomic E-state index is -0.819. The number of hydrogen-bond donors (Lipinski definition) is 3. The fourth-order valence-corrected chi connectivity index (χ4v) is 7.25. The van der Waals surface area contributed by atoms with E-state index in [0.29, 0.717) is 17.8 Å². The van der Waals surface area contributed by atoms with E-state index in [1.165, 1.54) is 83.5 Å². The van der Waals surface area contributed by atoms with E-state index >= 15 is 0 Å². The fraction of sp³-hybridized carbons (Fsp3) is 0.897. The molecule has 2 unspecified atom stereocenters. The number of carbonyl (C=O) groups excluding carboxylic acids is 1. The Morgan fingerprint density at radius 2 is 1.36 bits per heavy atom. The Kier molecular flexibility index (Phi) is 11.2. The van der Waals surface area contributed by atoms with Crippen molar-refractivity contribution in [3.63, 3.8) is 0 Å². The molecule has 4 heteroatoms. The number of unbranched alkanes of at least 4 members (excludes halogenated alkanes) is 11. The van der Waals surface area contributed by atoms with Crippen molar-refractivity contribution in [2.75, 3.05) is 6.61 Å².